The summed E-state index contributed by atoms with van der Waals surface area (Å²) in [5.74, 6) is 0. The summed E-state index contributed by atoms with van der Waals surface area (Å²) in [6.07, 6.45) is 13.1. The molecule has 0 atom stereocenters. The van der Waals surface area contributed by atoms with Crippen molar-refractivity contribution in [1.82, 2.24) is 4.67 Å². The topological polar surface area (TPSA) is 27.1 Å². The van der Waals surface area contributed by atoms with Crippen LogP contribution in [0.4, 0.5) is 0 Å². The molecule has 1 N–H and O–H groups in total. The summed E-state index contributed by atoms with van der Waals surface area (Å²) in [6.45, 7) is 0. The first-order valence-corrected chi connectivity index (χ1v) is 11.0. The van der Waals surface area contributed by atoms with Gasteiger partial charge in [-0.2, -0.15) is 0 Å². The van der Waals surface area contributed by atoms with E-state index in [0.29, 0.717) is 12.1 Å². The second-order valence-corrected chi connectivity index (χ2v) is 11.6. The fourth-order valence-electron chi connectivity index (χ4n) is 3.44. The van der Waals surface area contributed by atoms with Crippen molar-refractivity contribution in [3.05, 3.63) is 0 Å². The van der Waals surface area contributed by atoms with Gasteiger partial charge in [-0.25, -0.2) is 4.67 Å². The van der Waals surface area contributed by atoms with Crippen molar-refractivity contribution >= 4 is 30.1 Å². The van der Waals surface area contributed by atoms with E-state index in [0.717, 1.165) is 0 Å². The van der Waals surface area contributed by atoms with Gasteiger partial charge in [0.25, 0.3) is 0 Å². The van der Waals surface area contributed by atoms with Crippen molar-refractivity contribution in [1.29, 1.82) is 5.16 Å². The van der Waals surface area contributed by atoms with Gasteiger partial charge in [0, 0.05) is 12.1 Å². The fraction of sp³-hybridized carbons (Fsp3) is 1.00. The lowest BCUT2D eigenvalue weighted by atomic mass is 9.91. The van der Waals surface area contributed by atoms with E-state index in [1.807, 2.05) is 0 Å². The number of nitrogens with one attached hydrogen (secondary N) is 1. The average Bonchev–Trinajstić information content (AvgIpc) is 2.30. The molecule has 100 valence electrons. The van der Waals surface area contributed by atoms with Crippen LogP contribution in [0.25, 0.3) is 0 Å². The molecule has 5 heteroatoms. The summed E-state index contributed by atoms with van der Waals surface area (Å²) < 4.78 is 2.41. The van der Waals surface area contributed by atoms with Gasteiger partial charge in [-0.3, -0.25) is 5.16 Å². The third kappa shape index (κ3) is 3.92. The maximum Gasteiger partial charge on any atom is 0.131 e. The molecule has 0 aromatic heterocycles. The van der Waals surface area contributed by atoms with Crippen molar-refractivity contribution < 1.29 is 0 Å². The smallest absolute Gasteiger partial charge is 0.131 e. The van der Waals surface area contributed by atoms with Crippen LogP contribution in [-0.4, -0.2) is 16.8 Å². The normalized spacial score (nSPS) is 25.4. The molecule has 0 radical (unpaired) electrons. The Morgan fingerprint density at radius 2 is 1.12 bits per heavy atom. The summed E-state index contributed by atoms with van der Waals surface area (Å²) in [5.41, 5.74) is -2.19. The minimum absolute atomic E-state index is 0.590. The molecule has 0 aromatic rings. The molecule has 0 heterocycles. The second-order valence-electron chi connectivity index (χ2n) is 5.53. The second kappa shape index (κ2) is 6.36. The summed E-state index contributed by atoms with van der Waals surface area (Å²) >= 11 is 9.08. The van der Waals surface area contributed by atoms with Crippen LogP contribution in [0.15, 0.2) is 0 Å². The Morgan fingerprint density at radius 1 is 0.765 bits per heavy atom. The summed E-state index contributed by atoms with van der Waals surface area (Å²) in [5, 5.41) is 8.33. The maximum absolute atomic E-state index is 8.33. The van der Waals surface area contributed by atoms with Crippen LogP contribution in [0.3, 0.4) is 0 Å². The highest BCUT2D eigenvalue weighted by Crippen LogP contribution is 2.63. The zero-order valence-corrected chi connectivity index (χ0v) is 13.2. The number of hydrogen-bond donors (Lipinski definition) is 3. The molecule has 17 heavy (non-hydrogen) atoms. The number of hydrogen-bond acceptors (Lipinski definition) is 1. The lowest BCUT2D eigenvalue weighted by Gasteiger charge is -2.44. The van der Waals surface area contributed by atoms with Crippen LogP contribution in [0.1, 0.15) is 64.2 Å². The van der Waals surface area contributed by atoms with Gasteiger partial charge in [-0.05, 0) is 25.7 Å². The summed E-state index contributed by atoms with van der Waals surface area (Å²) in [4.78, 5) is 0. The molecule has 0 bridgehead atoms. The van der Waals surface area contributed by atoms with Gasteiger partial charge < -0.3 is 0 Å². The molecule has 0 aromatic carbocycles. The minimum atomic E-state index is -2.19. The van der Waals surface area contributed by atoms with E-state index in [1.165, 1.54) is 64.2 Å². The van der Waals surface area contributed by atoms with Crippen molar-refractivity contribution in [2.24, 2.45) is 0 Å². The van der Waals surface area contributed by atoms with Crippen LogP contribution in [-0.2, 0) is 0 Å². The van der Waals surface area contributed by atoms with Gasteiger partial charge in [-0.1, -0.05) is 38.5 Å². The van der Waals surface area contributed by atoms with E-state index in [2.05, 4.69) is 29.2 Å². The van der Waals surface area contributed by atoms with Gasteiger partial charge in [-0.15, -0.1) is 24.5 Å². The van der Waals surface area contributed by atoms with E-state index in [1.54, 1.807) is 0 Å². The highest BCUT2D eigenvalue weighted by atomic mass is 33.1. The summed E-state index contributed by atoms with van der Waals surface area (Å²) in [6, 6.07) is 1.18. The Hall–Kier alpha value is 0.890. The van der Waals surface area contributed by atoms with Crippen LogP contribution >= 0.6 is 30.1 Å². The number of nitrogens with zero attached hydrogens (tertiary/aromatic N) is 1. The molecule has 0 spiro atoms. The Kier molecular flexibility index (Phi) is 5.35. The fourth-order valence-corrected chi connectivity index (χ4v) is 6.57. The van der Waals surface area contributed by atoms with Crippen molar-refractivity contribution in [2.45, 2.75) is 76.3 Å². The van der Waals surface area contributed by atoms with Crippen molar-refractivity contribution in [3.63, 3.8) is 0 Å². The van der Waals surface area contributed by atoms with Crippen LogP contribution in [0, 0.1) is 5.16 Å². The van der Waals surface area contributed by atoms with Gasteiger partial charge in [0.15, 0.2) is 0 Å². The first kappa shape index (κ1) is 14.3. The lowest BCUT2D eigenvalue weighted by Crippen LogP contribution is -2.41. The first-order valence-electron chi connectivity index (χ1n) is 6.97. The Labute approximate surface area is 116 Å². The van der Waals surface area contributed by atoms with E-state index < -0.39 is 5.61 Å². The third-order valence-corrected chi connectivity index (χ3v) is 6.76. The molecule has 2 aliphatic carbocycles. The van der Waals surface area contributed by atoms with Crippen molar-refractivity contribution in [3.8, 4) is 0 Å². The number of rotatable bonds is 3. The Bertz CT molecular complexity index is 262. The van der Waals surface area contributed by atoms with Crippen LogP contribution in [0.5, 0.6) is 0 Å². The monoisotopic (exact) mass is 292 g/mol. The quantitative estimate of drug-likeness (QED) is 0.475. The standard InChI is InChI=1S/C12H25N2PS2/c13-15(16,17)14(11-7-3-1-4-8-11)12-9-5-2-6-10-12/h11-12H,1-10H2,(H3,13,16,17). The maximum atomic E-state index is 8.33. The largest absolute Gasteiger partial charge is 0.285 e. The van der Waals surface area contributed by atoms with Gasteiger partial charge in [0.05, 0.1) is 0 Å². The Morgan fingerprint density at radius 3 is 1.41 bits per heavy atom. The molecule has 0 aliphatic heterocycles. The highest BCUT2D eigenvalue weighted by Gasteiger charge is 2.34. The van der Waals surface area contributed by atoms with Gasteiger partial charge in [0.2, 0.25) is 0 Å². The lowest BCUT2D eigenvalue weighted by molar-refractivity contribution is 0.180. The first-order chi connectivity index (χ1) is 8.09. The third-order valence-electron chi connectivity index (χ3n) is 4.22. The molecular formula is C12H25N2PS2. The van der Waals surface area contributed by atoms with Gasteiger partial charge >= 0.3 is 0 Å². The zero-order chi connectivity index (χ0) is 12.3. The minimum Gasteiger partial charge on any atom is -0.285 e. The van der Waals surface area contributed by atoms with Gasteiger partial charge in [0.1, 0.15) is 5.61 Å². The summed E-state index contributed by atoms with van der Waals surface area (Å²) in [7, 11) is 0. The predicted molar refractivity (Wildman–Crippen MR) is 83.2 cm³/mol. The molecule has 2 fully saturated rings. The average molecular weight is 292 g/mol. The number of thiol groups is 2. The van der Waals surface area contributed by atoms with Crippen LogP contribution in [0.2, 0.25) is 0 Å². The SMILES string of the molecule is N=P(S)(S)N(C1CCCCC1)C1CCCCC1. The molecule has 0 amide bonds. The zero-order valence-electron chi connectivity index (χ0n) is 10.5. The molecule has 0 saturated heterocycles. The molecule has 2 nitrogen and oxygen atoms in total. The molecule has 2 saturated carbocycles. The molecule has 0 unspecified atom stereocenters. The predicted octanol–water partition coefficient (Wildman–Crippen LogP) is 5.34. The molecule has 2 rings (SSSR count). The van der Waals surface area contributed by atoms with E-state index in [4.69, 9.17) is 5.16 Å². The Balaban J connectivity index is 2.09. The van der Waals surface area contributed by atoms with E-state index >= 15 is 0 Å². The van der Waals surface area contributed by atoms with Crippen LogP contribution < -0.4 is 0 Å². The highest BCUT2D eigenvalue weighted by molar-refractivity contribution is 8.80. The van der Waals surface area contributed by atoms with Crippen molar-refractivity contribution in [2.75, 3.05) is 0 Å². The van der Waals surface area contributed by atoms with E-state index in [9.17, 15) is 0 Å². The molecular weight excluding hydrogens is 267 g/mol. The molecule has 2 aliphatic rings. The van der Waals surface area contributed by atoms with E-state index in [-0.39, 0.29) is 0 Å².